The second-order valence-electron chi connectivity index (χ2n) is 4.66. The van der Waals surface area contributed by atoms with Crippen molar-refractivity contribution in [2.45, 2.75) is 6.61 Å². The third-order valence-electron chi connectivity index (χ3n) is 3.08. The van der Waals surface area contributed by atoms with Crippen molar-refractivity contribution in [1.82, 2.24) is 0 Å². The van der Waals surface area contributed by atoms with E-state index in [0.717, 1.165) is 28.5 Å². The minimum atomic E-state index is 0.287. The first kappa shape index (κ1) is 13.6. The highest BCUT2D eigenvalue weighted by molar-refractivity contribution is 5.44. The van der Waals surface area contributed by atoms with E-state index in [2.05, 4.69) is 0 Å². The first-order chi connectivity index (χ1) is 10.3. The van der Waals surface area contributed by atoms with Crippen molar-refractivity contribution in [3.8, 4) is 17.2 Å². The summed E-state index contributed by atoms with van der Waals surface area (Å²) in [6, 6.07) is 13.1. The van der Waals surface area contributed by atoms with Gasteiger partial charge in [0.05, 0.1) is 13.2 Å². The average molecular weight is 287 g/mol. The standard InChI is InChI=1S/C16H17NO4/c17-13-2-4-14(5-3-13)19-8-7-18-10-12-1-6-15-16(9-12)21-11-20-15/h1-6,9H,7-8,10-11,17H2. The summed E-state index contributed by atoms with van der Waals surface area (Å²) in [6.45, 7) is 1.81. The Morgan fingerprint density at radius 1 is 0.952 bits per heavy atom. The second kappa shape index (κ2) is 6.37. The van der Waals surface area contributed by atoms with Gasteiger partial charge in [0.25, 0.3) is 0 Å². The number of hydrogen-bond donors (Lipinski definition) is 1. The molecule has 2 aromatic carbocycles. The number of benzene rings is 2. The van der Waals surface area contributed by atoms with Crippen LogP contribution in [-0.2, 0) is 11.3 Å². The van der Waals surface area contributed by atoms with Gasteiger partial charge in [-0.1, -0.05) is 6.07 Å². The molecule has 2 aromatic rings. The fourth-order valence-corrected chi connectivity index (χ4v) is 2.00. The smallest absolute Gasteiger partial charge is 0.231 e. The van der Waals surface area contributed by atoms with E-state index in [-0.39, 0.29) is 6.79 Å². The van der Waals surface area contributed by atoms with Gasteiger partial charge >= 0.3 is 0 Å². The van der Waals surface area contributed by atoms with Crippen LogP contribution in [0.4, 0.5) is 5.69 Å². The molecule has 5 nitrogen and oxygen atoms in total. The van der Waals surface area contributed by atoms with Crippen LogP contribution in [0.25, 0.3) is 0 Å². The number of nitrogens with two attached hydrogens (primary N) is 1. The molecule has 1 aliphatic rings. The summed E-state index contributed by atoms with van der Waals surface area (Å²) in [4.78, 5) is 0. The van der Waals surface area contributed by atoms with Gasteiger partial charge in [0.1, 0.15) is 12.4 Å². The second-order valence-corrected chi connectivity index (χ2v) is 4.66. The molecular formula is C16H17NO4. The van der Waals surface area contributed by atoms with Gasteiger partial charge < -0.3 is 24.7 Å². The summed E-state index contributed by atoms with van der Waals surface area (Å²) in [5.74, 6) is 2.34. The molecule has 3 rings (SSSR count). The topological polar surface area (TPSA) is 62.9 Å². The van der Waals surface area contributed by atoms with Gasteiger partial charge in [-0.15, -0.1) is 0 Å². The van der Waals surface area contributed by atoms with Crippen LogP contribution in [0, 0.1) is 0 Å². The third-order valence-corrected chi connectivity index (χ3v) is 3.08. The van der Waals surface area contributed by atoms with Crippen molar-refractivity contribution in [3.05, 3.63) is 48.0 Å². The Bertz CT molecular complexity index is 598. The van der Waals surface area contributed by atoms with Gasteiger partial charge in [0.2, 0.25) is 6.79 Å². The minimum Gasteiger partial charge on any atom is -0.491 e. The molecule has 0 radical (unpaired) electrons. The lowest BCUT2D eigenvalue weighted by molar-refractivity contribution is 0.0888. The number of anilines is 1. The highest BCUT2D eigenvalue weighted by Crippen LogP contribution is 2.32. The molecule has 1 heterocycles. The van der Waals surface area contributed by atoms with Crippen LogP contribution in [0.15, 0.2) is 42.5 Å². The van der Waals surface area contributed by atoms with Crippen molar-refractivity contribution in [2.75, 3.05) is 25.7 Å². The Hall–Kier alpha value is -2.40. The lowest BCUT2D eigenvalue weighted by atomic mass is 10.2. The molecule has 0 spiro atoms. The number of rotatable bonds is 6. The molecule has 21 heavy (non-hydrogen) atoms. The summed E-state index contributed by atoms with van der Waals surface area (Å²) >= 11 is 0. The van der Waals surface area contributed by atoms with E-state index in [1.54, 1.807) is 0 Å². The van der Waals surface area contributed by atoms with E-state index < -0.39 is 0 Å². The number of hydrogen-bond acceptors (Lipinski definition) is 5. The Balaban J connectivity index is 1.39. The van der Waals surface area contributed by atoms with Crippen LogP contribution in [0.3, 0.4) is 0 Å². The number of ether oxygens (including phenoxy) is 4. The maximum absolute atomic E-state index is 5.61. The van der Waals surface area contributed by atoms with Crippen molar-refractivity contribution in [3.63, 3.8) is 0 Å². The predicted molar refractivity (Wildman–Crippen MR) is 78.6 cm³/mol. The molecule has 0 aromatic heterocycles. The number of fused-ring (bicyclic) bond motifs is 1. The molecule has 0 saturated heterocycles. The van der Waals surface area contributed by atoms with Gasteiger partial charge in [0, 0.05) is 5.69 Å². The maximum atomic E-state index is 5.61. The van der Waals surface area contributed by atoms with Gasteiger partial charge in [-0.05, 0) is 42.0 Å². The first-order valence-electron chi connectivity index (χ1n) is 6.76. The molecule has 0 fully saturated rings. The summed E-state index contributed by atoms with van der Waals surface area (Å²) in [5, 5.41) is 0. The normalized spacial score (nSPS) is 12.4. The van der Waals surface area contributed by atoms with E-state index in [9.17, 15) is 0 Å². The molecule has 1 aliphatic heterocycles. The Morgan fingerprint density at radius 2 is 1.76 bits per heavy atom. The van der Waals surface area contributed by atoms with Crippen LogP contribution < -0.4 is 19.9 Å². The zero-order valence-corrected chi connectivity index (χ0v) is 11.6. The SMILES string of the molecule is Nc1ccc(OCCOCc2ccc3c(c2)OCO3)cc1. The van der Waals surface area contributed by atoms with E-state index >= 15 is 0 Å². The molecule has 0 unspecified atom stereocenters. The summed E-state index contributed by atoms with van der Waals surface area (Å²) in [5.41, 5.74) is 7.38. The number of nitrogen functional groups attached to an aromatic ring is 1. The van der Waals surface area contributed by atoms with E-state index in [4.69, 9.17) is 24.7 Å². The highest BCUT2D eigenvalue weighted by atomic mass is 16.7. The van der Waals surface area contributed by atoms with Crippen LogP contribution in [0.2, 0.25) is 0 Å². The maximum Gasteiger partial charge on any atom is 0.231 e. The van der Waals surface area contributed by atoms with E-state index in [1.165, 1.54) is 0 Å². The lowest BCUT2D eigenvalue weighted by Crippen LogP contribution is -2.06. The molecule has 2 N–H and O–H groups in total. The zero-order valence-electron chi connectivity index (χ0n) is 11.6. The molecule has 0 amide bonds. The summed E-state index contributed by atoms with van der Waals surface area (Å²) in [6.07, 6.45) is 0. The van der Waals surface area contributed by atoms with Crippen LogP contribution in [0.5, 0.6) is 17.2 Å². The van der Waals surface area contributed by atoms with E-state index in [0.29, 0.717) is 19.8 Å². The van der Waals surface area contributed by atoms with Gasteiger partial charge in [-0.3, -0.25) is 0 Å². The fraction of sp³-hybridized carbons (Fsp3) is 0.250. The summed E-state index contributed by atoms with van der Waals surface area (Å²) < 4.78 is 21.7. The third kappa shape index (κ3) is 3.58. The lowest BCUT2D eigenvalue weighted by Gasteiger charge is -2.08. The van der Waals surface area contributed by atoms with Crippen molar-refractivity contribution in [2.24, 2.45) is 0 Å². The van der Waals surface area contributed by atoms with Crippen molar-refractivity contribution >= 4 is 5.69 Å². The first-order valence-corrected chi connectivity index (χ1v) is 6.76. The zero-order chi connectivity index (χ0) is 14.5. The molecule has 0 atom stereocenters. The Morgan fingerprint density at radius 3 is 2.62 bits per heavy atom. The molecule has 5 heteroatoms. The quantitative estimate of drug-likeness (QED) is 0.653. The Kier molecular flexibility index (Phi) is 4.12. The molecule has 0 saturated carbocycles. The van der Waals surface area contributed by atoms with Crippen molar-refractivity contribution < 1.29 is 18.9 Å². The predicted octanol–water partition coefficient (Wildman–Crippen LogP) is 2.59. The van der Waals surface area contributed by atoms with Crippen LogP contribution in [0.1, 0.15) is 5.56 Å². The minimum absolute atomic E-state index is 0.287. The van der Waals surface area contributed by atoms with Gasteiger partial charge in [-0.2, -0.15) is 0 Å². The van der Waals surface area contributed by atoms with Crippen LogP contribution >= 0.6 is 0 Å². The molecule has 110 valence electrons. The average Bonchev–Trinajstić information content (AvgIpc) is 2.96. The van der Waals surface area contributed by atoms with Crippen LogP contribution in [-0.4, -0.2) is 20.0 Å². The van der Waals surface area contributed by atoms with E-state index in [1.807, 2.05) is 42.5 Å². The molecule has 0 aliphatic carbocycles. The highest BCUT2D eigenvalue weighted by Gasteiger charge is 2.12. The Labute approximate surface area is 123 Å². The monoisotopic (exact) mass is 287 g/mol. The van der Waals surface area contributed by atoms with Gasteiger partial charge in [-0.25, -0.2) is 0 Å². The summed E-state index contributed by atoms with van der Waals surface area (Å²) in [7, 11) is 0. The largest absolute Gasteiger partial charge is 0.491 e. The van der Waals surface area contributed by atoms with Crippen molar-refractivity contribution in [1.29, 1.82) is 0 Å². The molecule has 0 bridgehead atoms. The van der Waals surface area contributed by atoms with Gasteiger partial charge in [0.15, 0.2) is 11.5 Å². The fourth-order valence-electron chi connectivity index (χ4n) is 2.00. The molecular weight excluding hydrogens is 270 g/mol.